The van der Waals surface area contributed by atoms with Crippen molar-refractivity contribution < 1.29 is 8.42 Å². The Morgan fingerprint density at radius 2 is 2.00 bits per heavy atom. The van der Waals surface area contributed by atoms with Crippen LogP contribution in [-0.4, -0.2) is 35.1 Å². The summed E-state index contributed by atoms with van der Waals surface area (Å²) < 4.78 is 23.8. The van der Waals surface area contributed by atoms with Crippen molar-refractivity contribution in [2.75, 3.05) is 11.5 Å². The lowest BCUT2D eigenvalue weighted by atomic mass is 10.2. The summed E-state index contributed by atoms with van der Waals surface area (Å²) in [6.45, 7) is 0. The summed E-state index contributed by atoms with van der Waals surface area (Å²) in [5.74, 6) is 0.577. The van der Waals surface area contributed by atoms with Gasteiger partial charge in [-0.05, 0) is 17.7 Å². The fourth-order valence-corrected chi connectivity index (χ4v) is 4.19. The van der Waals surface area contributed by atoms with E-state index in [-0.39, 0.29) is 11.5 Å². The monoisotopic (exact) mass is 317 g/mol. The van der Waals surface area contributed by atoms with Crippen LogP contribution in [0.4, 0.5) is 0 Å². The second kappa shape index (κ2) is 6.40. The van der Waals surface area contributed by atoms with E-state index >= 15 is 0 Å². The molecule has 0 atom stereocenters. The van der Waals surface area contributed by atoms with Gasteiger partial charge < -0.3 is 0 Å². The Bertz CT molecular complexity index is 612. The molecule has 1 N–H and O–H groups in total. The van der Waals surface area contributed by atoms with E-state index in [0.29, 0.717) is 15.9 Å². The number of aromatic nitrogens is 3. The van der Waals surface area contributed by atoms with Crippen LogP contribution in [0.25, 0.3) is 0 Å². The Labute approximate surface area is 120 Å². The zero-order chi connectivity index (χ0) is 13.7. The first-order chi connectivity index (χ1) is 9.05. The number of benzene rings is 1. The molecule has 0 aliphatic rings. The molecule has 2 aromatic rings. The molecule has 0 saturated carbocycles. The molecule has 1 aromatic heterocycles. The Morgan fingerprint density at radius 1 is 1.26 bits per heavy atom. The highest BCUT2D eigenvalue weighted by Crippen LogP contribution is 2.15. The number of H-pyrrole nitrogens is 1. The topological polar surface area (TPSA) is 75.7 Å². The van der Waals surface area contributed by atoms with Crippen LogP contribution in [0.15, 0.2) is 35.7 Å². The third-order valence-corrected chi connectivity index (χ3v) is 5.31. The average Bonchev–Trinajstić information content (AvgIpc) is 2.85. The van der Waals surface area contributed by atoms with Gasteiger partial charge in [-0.2, -0.15) is 5.10 Å². The second-order valence-corrected chi connectivity index (χ2v) is 7.56. The van der Waals surface area contributed by atoms with Crippen LogP contribution < -0.4 is 0 Å². The Balaban J connectivity index is 1.86. The van der Waals surface area contributed by atoms with Gasteiger partial charge in [0.15, 0.2) is 15.0 Å². The molecule has 0 saturated heterocycles. The van der Waals surface area contributed by atoms with Gasteiger partial charge in [-0.1, -0.05) is 35.5 Å². The van der Waals surface area contributed by atoms with Crippen molar-refractivity contribution in [3.63, 3.8) is 0 Å². The van der Waals surface area contributed by atoms with E-state index in [1.54, 1.807) is 24.3 Å². The SMILES string of the molecule is O=S(=O)(CCSc1ncn[nH]1)Cc1ccc(Cl)cc1. The predicted molar refractivity (Wildman–Crippen MR) is 76.0 cm³/mol. The van der Waals surface area contributed by atoms with Crippen LogP contribution in [0, 0.1) is 0 Å². The number of nitrogens with one attached hydrogen (secondary N) is 1. The average molecular weight is 318 g/mol. The molecular weight excluding hydrogens is 306 g/mol. The molecule has 0 spiro atoms. The van der Waals surface area contributed by atoms with Crippen LogP contribution in [-0.2, 0) is 15.6 Å². The van der Waals surface area contributed by atoms with Crippen LogP contribution >= 0.6 is 23.4 Å². The lowest BCUT2D eigenvalue weighted by Gasteiger charge is -2.04. The van der Waals surface area contributed by atoms with Crippen molar-refractivity contribution >= 4 is 33.2 Å². The van der Waals surface area contributed by atoms with Crippen molar-refractivity contribution in [2.24, 2.45) is 0 Å². The molecule has 0 aliphatic carbocycles. The van der Waals surface area contributed by atoms with Gasteiger partial charge in [0.2, 0.25) is 0 Å². The van der Waals surface area contributed by atoms with Crippen LogP contribution in [0.1, 0.15) is 5.56 Å². The molecule has 19 heavy (non-hydrogen) atoms. The first-order valence-corrected chi connectivity index (χ1v) is 8.67. The largest absolute Gasteiger partial charge is 0.254 e. The van der Waals surface area contributed by atoms with Gasteiger partial charge in [0.25, 0.3) is 0 Å². The van der Waals surface area contributed by atoms with Gasteiger partial charge in [-0.15, -0.1) is 0 Å². The van der Waals surface area contributed by atoms with Crippen molar-refractivity contribution in [2.45, 2.75) is 10.9 Å². The fourth-order valence-electron chi connectivity index (χ4n) is 1.44. The number of hydrogen-bond donors (Lipinski definition) is 1. The van der Waals surface area contributed by atoms with E-state index in [2.05, 4.69) is 15.2 Å². The molecule has 1 aromatic carbocycles. The first-order valence-electron chi connectivity index (χ1n) is 5.48. The maximum atomic E-state index is 11.9. The molecule has 0 amide bonds. The Morgan fingerprint density at radius 3 is 2.63 bits per heavy atom. The third kappa shape index (κ3) is 4.85. The van der Waals surface area contributed by atoms with E-state index in [9.17, 15) is 8.42 Å². The smallest absolute Gasteiger partial charge is 0.183 e. The van der Waals surface area contributed by atoms with Gasteiger partial charge in [0.05, 0.1) is 11.5 Å². The van der Waals surface area contributed by atoms with Crippen molar-refractivity contribution in [3.8, 4) is 0 Å². The zero-order valence-electron chi connectivity index (χ0n) is 9.91. The van der Waals surface area contributed by atoms with Gasteiger partial charge in [0.1, 0.15) is 6.33 Å². The molecule has 8 heteroatoms. The summed E-state index contributed by atoms with van der Waals surface area (Å²) in [6, 6.07) is 6.83. The summed E-state index contributed by atoms with van der Waals surface area (Å²) in [6.07, 6.45) is 1.39. The molecule has 5 nitrogen and oxygen atoms in total. The predicted octanol–water partition coefficient (Wildman–Crippen LogP) is 2.17. The van der Waals surface area contributed by atoms with Crippen molar-refractivity contribution in [1.29, 1.82) is 0 Å². The number of rotatable bonds is 6. The quantitative estimate of drug-likeness (QED) is 0.826. The highest BCUT2D eigenvalue weighted by molar-refractivity contribution is 8.00. The maximum Gasteiger partial charge on any atom is 0.183 e. The Kier molecular flexibility index (Phi) is 4.84. The van der Waals surface area contributed by atoms with Gasteiger partial charge in [0, 0.05) is 10.8 Å². The molecule has 0 aliphatic heterocycles. The minimum atomic E-state index is -3.13. The fraction of sp³-hybridized carbons (Fsp3) is 0.273. The zero-order valence-corrected chi connectivity index (χ0v) is 12.3. The number of thioether (sulfide) groups is 1. The van der Waals surface area contributed by atoms with E-state index in [0.717, 1.165) is 5.56 Å². The second-order valence-electron chi connectivity index (χ2n) is 3.86. The first kappa shape index (κ1) is 14.4. The number of halogens is 1. The third-order valence-electron chi connectivity index (χ3n) is 2.33. The van der Waals surface area contributed by atoms with Crippen molar-refractivity contribution in [1.82, 2.24) is 15.2 Å². The molecule has 102 valence electrons. The standard InChI is InChI=1S/C11H12ClN3O2S2/c12-10-3-1-9(2-4-10)7-19(16,17)6-5-18-11-13-8-14-15-11/h1-4,8H,5-7H2,(H,13,14,15). The maximum absolute atomic E-state index is 11.9. The summed E-state index contributed by atoms with van der Waals surface area (Å²) in [4.78, 5) is 3.92. The number of hydrogen-bond acceptors (Lipinski definition) is 5. The lowest BCUT2D eigenvalue weighted by Crippen LogP contribution is -2.11. The van der Waals surface area contributed by atoms with Crippen LogP contribution in [0.5, 0.6) is 0 Å². The Hall–Kier alpha value is -1.05. The van der Waals surface area contributed by atoms with Gasteiger partial charge in [-0.25, -0.2) is 13.4 Å². The molecule has 1 heterocycles. The molecule has 0 bridgehead atoms. The molecule has 2 rings (SSSR count). The summed E-state index contributed by atoms with van der Waals surface area (Å²) in [5, 5.41) is 7.59. The summed E-state index contributed by atoms with van der Waals surface area (Å²) in [7, 11) is -3.13. The van der Waals surface area contributed by atoms with E-state index in [1.807, 2.05) is 0 Å². The van der Waals surface area contributed by atoms with E-state index < -0.39 is 9.84 Å². The highest BCUT2D eigenvalue weighted by atomic mass is 35.5. The minimum Gasteiger partial charge on any atom is -0.254 e. The lowest BCUT2D eigenvalue weighted by molar-refractivity contribution is 0.597. The van der Waals surface area contributed by atoms with E-state index in [1.165, 1.54) is 18.1 Å². The molecule has 0 fully saturated rings. The molecule has 0 unspecified atom stereocenters. The normalized spacial score (nSPS) is 11.6. The van der Waals surface area contributed by atoms with Crippen LogP contribution in [0.2, 0.25) is 5.02 Å². The van der Waals surface area contributed by atoms with Gasteiger partial charge >= 0.3 is 0 Å². The van der Waals surface area contributed by atoms with Crippen molar-refractivity contribution in [3.05, 3.63) is 41.2 Å². The van der Waals surface area contributed by atoms with E-state index in [4.69, 9.17) is 11.6 Å². The minimum absolute atomic E-state index is 0.0289. The molecular formula is C11H12ClN3O2S2. The summed E-state index contributed by atoms with van der Waals surface area (Å²) >= 11 is 7.09. The summed E-state index contributed by atoms with van der Waals surface area (Å²) in [5.41, 5.74) is 0.745. The number of nitrogens with zero attached hydrogens (tertiary/aromatic N) is 2. The molecule has 0 radical (unpaired) electrons. The highest BCUT2D eigenvalue weighted by Gasteiger charge is 2.12. The number of aromatic amines is 1. The number of sulfone groups is 1. The van der Waals surface area contributed by atoms with Crippen LogP contribution in [0.3, 0.4) is 0 Å². The van der Waals surface area contributed by atoms with Gasteiger partial charge in [-0.3, -0.25) is 5.10 Å².